The highest BCUT2D eigenvalue weighted by Crippen LogP contribution is 2.27. The summed E-state index contributed by atoms with van der Waals surface area (Å²) in [5, 5.41) is 8.61. The van der Waals surface area contributed by atoms with E-state index in [9.17, 15) is 0 Å². The van der Waals surface area contributed by atoms with Gasteiger partial charge in [0.15, 0.2) is 0 Å². The molecule has 2 aromatic rings. The Morgan fingerprint density at radius 1 is 1.43 bits per heavy atom. The molecule has 0 radical (unpaired) electrons. The molecule has 0 saturated carbocycles. The fourth-order valence-corrected chi connectivity index (χ4v) is 2.79. The molecular formula is C10H12N2S2. The Bertz CT molecular complexity index is 378. The predicted molar refractivity (Wildman–Crippen MR) is 62.8 cm³/mol. The minimum absolute atomic E-state index is 0.873. The van der Waals surface area contributed by atoms with Gasteiger partial charge in [0.2, 0.25) is 0 Å². The molecule has 0 amide bonds. The molecule has 14 heavy (non-hydrogen) atoms. The Kier molecular flexibility index (Phi) is 3.29. The highest BCUT2D eigenvalue weighted by Gasteiger charge is 2.04. The van der Waals surface area contributed by atoms with Gasteiger partial charge in [-0.25, -0.2) is 4.98 Å². The van der Waals surface area contributed by atoms with Crippen molar-refractivity contribution >= 4 is 22.7 Å². The van der Waals surface area contributed by atoms with Crippen LogP contribution in [0.4, 0.5) is 0 Å². The average molecular weight is 224 g/mol. The molecule has 0 atom stereocenters. The van der Waals surface area contributed by atoms with Crippen LogP contribution in [0.3, 0.4) is 0 Å². The molecule has 0 unspecified atom stereocenters. The van der Waals surface area contributed by atoms with E-state index in [0.717, 1.165) is 23.8 Å². The molecule has 2 rings (SSSR count). The maximum atomic E-state index is 4.56. The lowest BCUT2D eigenvalue weighted by Crippen LogP contribution is -2.11. The first-order valence-corrected chi connectivity index (χ1v) is 6.35. The molecule has 1 N–H and O–H groups in total. The molecule has 2 heterocycles. The van der Waals surface area contributed by atoms with Crippen LogP contribution < -0.4 is 5.32 Å². The summed E-state index contributed by atoms with van der Waals surface area (Å²) in [6.45, 7) is 3.97. The quantitative estimate of drug-likeness (QED) is 0.863. The van der Waals surface area contributed by atoms with Crippen molar-refractivity contribution in [3.05, 3.63) is 28.6 Å². The van der Waals surface area contributed by atoms with E-state index in [4.69, 9.17) is 0 Å². The molecular weight excluding hydrogens is 212 g/mol. The van der Waals surface area contributed by atoms with Crippen LogP contribution in [0.5, 0.6) is 0 Å². The van der Waals surface area contributed by atoms with Gasteiger partial charge < -0.3 is 5.32 Å². The van der Waals surface area contributed by atoms with Gasteiger partial charge in [0.1, 0.15) is 5.01 Å². The van der Waals surface area contributed by atoms with Crippen LogP contribution in [0.2, 0.25) is 0 Å². The second-order valence-electron chi connectivity index (χ2n) is 2.90. The topological polar surface area (TPSA) is 24.9 Å². The molecule has 2 nitrogen and oxygen atoms in total. The van der Waals surface area contributed by atoms with Crippen molar-refractivity contribution in [1.29, 1.82) is 0 Å². The van der Waals surface area contributed by atoms with Crippen molar-refractivity contribution in [3.63, 3.8) is 0 Å². The highest BCUT2D eigenvalue weighted by molar-refractivity contribution is 7.20. The Balaban J connectivity index is 2.10. The standard InChI is InChI=1S/C10H12N2S2/c1-2-11-6-8-7-14-10(12-8)9-4-3-5-13-9/h3-5,7,11H,2,6H2,1H3. The lowest BCUT2D eigenvalue weighted by atomic mass is 10.4. The van der Waals surface area contributed by atoms with Crippen LogP contribution in [0.1, 0.15) is 12.6 Å². The van der Waals surface area contributed by atoms with Gasteiger partial charge in [-0.1, -0.05) is 13.0 Å². The van der Waals surface area contributed by atoms with Crippen molar-refractivity contribution in [2.75, 3.05) is 6.54 Å². The summed E-state index contributed by atoms with van der Waals surface area (Å²) in [6.07, 6.45) is 0. The first kappa shape index (κ1) is 9.83. The van der Waals surface area contributed by atoms with Gasteiger partial charge in [0.05, 0.1) is 10.6 Å². The maximum Gasteiger partial charge on any atom is 0.133 e. The maximum absolute atomic E-state index is 4.56. The van der Waals surface area contributed by atoms with E-state index >= 15 is 0 Å². The third-order valence-electron chi connectivity index (χ3n) is 1.84. The molecule has 0 aliphatic rings. The minimum atomic E-state index is 0.873. The Morgan fingerprint density at radius 3 is 3.07 bits per heavy atom. The van der Waals surface area contributed by atoms with E-state index in [-0.39, 0.29) is 0 Å². The Hall–Kier alpha value is -0.710. The summed E-state index contributed by atoms with van der Waals surface area (Å²) >= 11 is 3.46. The Morgan fingerprint density at radius 2 is 2.36 bits per heavy atom. The minimum Gasteiger partial charge on any atom is -0.311 e. The van der Waals surface area contributed by atoms with E-state index in [1.165, 1.54) is 4.88 Å². The fourth-order valence-electron chi connectivity index (χ4n) is 1.15. The molecule has 74 valence electrons. The Labute approximate surface area is 91.6 Å². The number of hydrogen-bond acceptors (Lipinski definition) is 4. The van der Waals surface area contributed by atoms with Crippen LogP contribution in [0, 0.1) is 0 Å². The van der Waals surface area contributed by atoms with Crippen LogP contribution in [-0.2, 0) is 6.54 Å². The monoisotopic (exact) mass is 224 g/mol. The summed E-state index contributed by atoms with van der Waals surface area (Å²) < 4.78 is 0. The van der Waals surface area contributed by atoms with Crippen molar-refractivity contribution in [2.45, 2.75) is 13.5 Å². The van der Waals surface area contributed by atoms with Gasteiger partial charge in [-0.2, -0.15) is 0 Å². The second-order valence-corrected chi connectivity index (χ2v) is 4.71. The molecule has 4 heteroatoms. The zero-order valence-electron chi connectivity index (χ0n) is 7.99. The first-order valence-electron chi connectivity index (χ1n) is 4.59. The number of rotatable bonds is 4. The van der Waals surface area contributed by atoms with E-state index < -0.39 is 0 Å². The third kappa shape index (κ3) is 2.20. The largest absolute Gasteiger partial charge is 0.311 e. The van der Waals surface area contributed by atoms with E-state index in [2.05, 4.69) is 40.1 Å². The van der Waals surface area contributed by atoms with E-state index in [1.807, 2.05) is 0 Å². The summed E-state index contributed by atoms with van der Waals surface area (Å²) in [7, 11) is 0. The lowest BCUT2D eigenvalue weighted by molar-refractivity contribution is 0.715. The summed E-state index contributed by atoms with van der Waals surface area (Å²) in [6, 6.07) is 4.17. The van der Waals surface area contributed by atoms with Gasteiger partial charge in [0.25, 0.3) is 0 Å². The van der Waals surface area contributed by atoms with E-state index in [1.54, 1.807) is 22.7 Å². The lowest BCUT2D eigenvalue weighted by Gasteiger charge is -1.95. The molecule has 0 aromatic carbocycles. The third-order valence-corrected chi connectivity index (χ3v) is 3.77. The van der Waals surface area contributed by atoms with Crippen molar-refractivity contribution in [3.8, 4) is 9.88 Å². The molecule has 2 aromatic heterocycles. The molecule has 0 fully saturated rings. The number of nitrogens with zero attached hydrogens (tertiary/aromatic N) is 1. The van der Waals surface area contributed by atoms with Gasteiger partial charge in [-0.15, -0.1) is 22.7 Å². The number of thiophene rings is 1. The zero-order chi connectivity index (χ0) is 9.80. The predicted octanol–water partition coefficient (Wildman–Crippen LogP) is 2.98. The van der Waals surface area contributed by atoms with Crippen LogP contribution in [0.15, 0.2) is 22.9 Å². The van der Waals surface area contributed by atoms with Crippen molar-refractivity contribution < 1.29 is 0 Å². The van der Waals surface area contributed by atoms with Crippen molar-refractivity contribution in [1.82, 2.24) is 10.3 Å². The average Bonchev–Trinajstić information content (AvgIpc) is 2.85. The molecule has 0 bridgehead atoms. The van der Waals surface area contributed by atoms with Gasteiger partial charge in [0, 0.05) is 11.9 Å². The highest BCUT2D eigenvalue weighted by atomic mass is 32.1. The summed E-state index contributed by atoms with van der Waals surface area (Å²) in [4.78, 5) is 5.82. The van der Waals surface area contributed by atoms with Gasteiger partial charge in [-0.3, -0.25) is 0 Å². The number of thiazole rings is 1. The first-order chi connectivity index (χ1) is 6.90. The number of aromatic nitrogens is 1. The molecule has 0 spiro atoms. The van der Waals surface area contributed by atoms with Crippen LogP contribution in [-0.4, -0.2) is 11.5 Å². The second kappa shape index (κ2) is 4.68. The number of nitrogens with one attached hydrogen (secondary N) is 1. The fraction of sp³-hybridized carbons (Fsp3) is 0.300. The number of hydrogen-bond donors (Lipinski definition) is 1. The van der Waals surface area contributed by atoms with E-state index in [0.29, 0.717) is 0 Å². The summed E-state index contributed by atoms with van der Waals surface area (Å²) in [5.74, 6) is 0. The van der Waals surface area contributed by atoms with Crippen LogP contribution >= 0.6 is 22.7 Å². The molecule has 0 aliphatic heterocycles. The molecule has 0 saturated heterocycles. The SMILES string of the molecule is CCNCc1csc(-c2cccs2)n1. The van der Waals surface area contributed by atoms with Crippen molar-refractivity contribution in [2.24, 2.45) is 0 Å². The zero-order valence-corrected chi connectivity index (χ0v) is 9.62. The van der Waals surface area contributed by atoms with Crippen LogP contribution in [0.25, 0.3) is 9.88 Å². The molecule has 0 aliphatic carbocycles. The van der Waals surface area contributed by atoms with Gasteiger partial charge in [-0.05, 0) is 18.0 Å². The summed E-state index contributed by atoms with van der Waals surface area (Å²) in [5.41, 5.74) is 1.14. The van der Waals surface area contributed by atoms with Gasteiger partial charge >= 0.3 is 0 Å². The smallest absolute Gasteiger partial charge is 0.133 e. The normalized spacial score (nSPS) is 10.6.